The molecule has 0 aliphatic heterocycles. The predicted molar refractivity (Wildman–Crippen MR) is 45.9 cm³/mol. The van der Waals surface area contributed by atoms with E-state index in [4.69, 9.17) is 4.55 Å². The molecule has 0 aliphatic rings. The number of benzene rings is 1. The van der Waals surface area contributed by atoms with Crippen molar-refractivity contribution in [2.24, 2.45) is 0 Å². The summed E-state index contributed by atoms with van der Waals surface area (Å²) in [5.41, 5.74) is 1.39. The molecule has 0 saturated heterocycles. The van der Waals surface area contributed by atoms with Crippen LogP contribution in [0.3, 0.4) is 0 Å². The van der Waals surface area contributed by atoms with Crippen molar-refractivity contribution in [3.63, 3.8) is 0 Å². The molecule has 0 amide bonds. The number of aromatic nitrogens is 2. The maximum atomic E-state index is 10.7. The Morgan fingerprint density at radius 2 is 2.17 bits per heavy atom. The van der Waals surface area contributed by atoms with Crippen molar-refractivity contribution >= 4 is 22.3 Å². The summed E-state index contributed by atoms with van der Waals surface area (Å²) < 4.78 is 20.7. The minimum Gasteiger partial charge on any atom is -0.289 e. The van der Waals surface area contributed by atoms with Crippen LogP contribution in [-0.4, -0.2) is 17.7 Å². The molecule has 12 heavy (non-hydrogen) atoms. The maximum absolute atomic E-state index is 10.7. The summed E-state index contributed by atoms with van der Waals surface area (Å²) in [7, 11) is 0. The fraction of sp³-hybridized carbons (Fsp3) is 0. The van der Waals surface area contributed by atoms with Crippen LogP contribution >= 0.6 is 0 Å². The van der Waals surface area contributed by atoms with Gasteiger partial charge in [-0.1, -0.05) is 12.1 Å². The monoisotopic (exact) mass is 182 g/mol. The number of nitrogens with zero attached hydrogens (tertiary/aromatic N) is 2. The first-order chi connectivity index (χ1) is 5.79. The van der Waals surface area contributed by atoms with E-state index in [0.29, 0.717) is 5.52 Å². The van der Waals surface area contributed by atoms with E-state index >= 15 is 0 Å². The zero-order chi connectivity index (χ0) is 8.55. The van der Waals surface area contributed by atoms with Crippen molar-refractivity contribution in [1.29, 1.82) is 0 Å². The second-order valence-corrected chi connectivity index (χ2v) is 3.14. The van der Waals surface area contributed by atoms with Crippen LogP contribution in [0.1, 0.15) is 0 Å². The van der Waals surface area contributed by atoms with Gasteiger partial charge in [0.05, 0.1) is 11.0 Å². The zero-order valence-electron chi connectivity index (χ0n) is 6.04. The Labute approximate surface area is 71.3 Å². The van der Waals surface area contributed by atoms with Crippen molar-refractivity contribution in [1.82, 2.24) is 8.96 Å². The molecule has 0 aliphatic carbocycles. The standard InChI is InChI=1S/C7H6N2O2S/c10-12(11)9-5-8-6-3-1-2-4-7(6)9/h1-5H,(H,10,11). The molecule has 0 spiro atoms. The average molecular weight is 182 g/mol. The highest BCUT2D eigenvalue weighted by Gasteiger charge is 2.03. The van der Waals surface area contributed by atoms with Gasteiger partial charge in [0.2, 0.25) is 0 Å². The van der Waals surface area contributed by atoms with E-state index in [0.717, 1.165) is 5.52 Å². The molecule has 0 saturated carbocycles. The van der Waals surface area contributed by atoms with Crippen LogP contribution in [-0.2, 0) is 11.3 Å². The Balaban J connectivity index is 2.79. The molecule has 0 radical (unpaired) electrons. The summed E-state index contributed by atoms with van der Waals surface area (Å²) in [5, 5.41) is 0. The number of fused-ring (bicyclic) bond motifs is 1. The SMILES string of the molecule is O=S(O)n1cnc2ccccc21. The molecule has 0 fully saturated rings. The highest BCUT2D eigenvalue weighted by atomic mass is 32.2. The average Bonchev–Trinajstić information content (AvgIpc) is 2.47. The third kappa shape index (κ3) is 1.03. The Morgan fingerprint density at radius 1 is 1.42 bits per heavy atom. The molecular formula is C7H6N2O2S. The van der Waals surface area contributed by atoms with Crippen LogP contribution in [0.4, 0.5) is 0 Å². The van der Waals surface area contributed by atoms with E-state index in [-0.39, 0.29) is 0 Å². The summed E-state index contributed by atoms with van der Waals surface area (Å²) in [6.07, 6.45) is 1.35. The van der Waals surface area contributed by atoms with Crippen molar-refractivity contribution in [2.75, 3.05) is 0 Å². The molecule has 1 aromatic heterocycles. The molecule has 1 atom stereocenters. The number of hydrogen-bond donors (Lipinski definition) is 1. The molecule has 5 heteroatoms. The predicted octanol–water partition coefficient (Wildman–Crippen LogP) is 1.02. The minimum atomic E-state index is -2.02. The van der Waals surface area contributed by atoms with Gasteiger partial charge in [-0.05, 0) is 12.1 Å². The van der Waals surface area contributed by atoms with Crippen LogP contribution in [0.5, 0.6) is 0 Å². The van der Waals surface area contributed by atoms with Gasteiger partial charge in [0.15, 0.2) is 0 Å². The summed E-state index contributed by atoms with van der Waals surface area (Å²) in [6.45, 7) is 0. The Hall–Kier alpha value is -1.20. The smallest absolute Gasteiger partial charge is 0.267 e. The minimum absolute atomic E-state index is 0.665. The third-order valence-corrected chi connectivity index (χ3v) is 2.22. The molecule has 4 nitrogen and oxygen atoms in total. The molecule has 1 heterocycles. The lowest BCUT2D eigenvalue weighted by Gasteiger charge is -1.94. The first kappa shape index (κ1) is 7.45. The van der Waals surface area contributed by atoms with Gasteiger partial charge < -0.3 is 0 Å². The van der Waals surface area contributed by atoms with E-state index in [9.17, 15) is 4.21 Å². The van der Waals surface area contributed by atoms with Gasteiger partial charge in [0.25, 0.3) is 11.3 Å². The third-order valence-electron chi connectivity index (χ3n) is 1.59. The molecule has 1 aromatic carbocycles. The van der Waals surface area contributed by atoms with Gasteiger partial charge in [-0.3, -0.25) is 4.55 Å². The Morgan fingerprint density at radius 3 is 2.92 bits per heavy atom. The van der Waals surface area contributed by atoms with Crippen LogP contribution in [0.15, 0.2) is 30.6 Å². The van der Waals surface area contributed by atoms with Gasteiger partial charge >= 0.3 is 0 Å². The molecule has 62 valence electrons. The molecule has 2 aromatic rings. The van der Waals surface area contributed by atoms with Crippen molar-refractivity contribution in [3.05, 3.63) is 30.6 Å². The lowest BCUT2D eigenvalue weighted by Crippen LogP contribution is -1.99. The molecule has 2 rings (SSSR count). The van der Waals surface area contributed by atoms with Gasteiger partial charge in [-0.2, -0.15) is 0 Å². The van der Waals surface area contributed by atoms with Crippen molar-refractivity contribution < 1.29 is 8.76 Å². The fourth-order valence-electron chi connectivity index (χ4n) is 1.06. The van der Waals surface area contributed by atoms with Crippen LogP contribution in [0.25, 0.3) is 11.0 Å². The normalized spacial score (nSPS) is 13.4. The van der Waals surface area contributed by atoms with E-state index in [2.05, 4.69) is 4.98 Å². The fourth-order valence-corrected chi connectivity index (χ4v) is 1.51. The highest BCUT2D eigenvalue weighted by molar-refractivity contribution is 7.77. The molecule has 1 unspecified atom stereocenters. The lowest BCUT2D eigenvalue weighted by molar-refractivity contribution is 0.556. The van der Waals surface area contributed by atoms with Gasteiger partial charge in [0.1, 0.15) is 6.33 Å². The molecule has 0 bridgehead atoms. The van der Waals surface area contributed by atoms with Crippen molar-refractivity contribution in [3.8, 4) is 0 Å². The summed E-state index contributed by atoms with van der Waals surface area (Å²) in [5.74, 6) is 0. The lowest BCUT2D eigenvalue weighted by atomic mass is 10.3. The van der Waals surface area contributed by atoms with E-state index in [1.165, 1.54) is 10.3 Å². The largest absolute Gasteiger partial charge is 0.289 e. The van der Waals surface area contributed by atoms with E-state index in [1.807, 2.05) is 6.07 Å². The van der Waals surface area contributed by atoms with Crippen LogP contribution < -0.4 is 0 Å². The van der Waals surface area contributed by atoms with Gasteiger partial charge in [0, 0.05) is 0 Å². The number of para-hydroxylation sites is 2. The maximum Gasteiger partial charge on any atom is 0.267 e. The zero-order valence-corrected chi connectivity index (χ0v) is 6.86. The van der Waals surface area contributed by atoms with E-state index < -0.39 is 11.3 Å². The first-order valence-corrected chi connectivity index (χ1v) is 4.39. The summed E-state index contributed by atoms with van der Waals surface area (Å²) in [4.78, 5) is 3.95. The summed E-state index contributed by atoms with van der Waals surface area (Å²) >= 11 is -2.02. The second-order valence-electron chi connectivity index (χ2n) is 2.29. The Kier molecular flexibility index (Phi) is 1.67. The molecular weight excluding hydrogens is 176 g/mol. The van der Waals surface area contributed by atoms with Gasteiger partial charge in [-0.15, -0.1) is 0 Å². The van der Waals surface area contributed by atoms with Crippen LogP contribution in [0.2, 0.25) is 0 Å². The number of rotatable bonds is 1. The number of imidazole rings is 1. The van der Waals surface area contributed by atoms with Crippen LogP contribution in [0, 0.1) is 0 Å². The number of hydrogen-bond acceptors (Lipinski definition) is 2. The quantitative estimate of drug-likeness (QED) is 0.670. The van der Waals surface area contributed by atoms with Crippen molar-refractivity contribution in [2.45, 2.75) is 0 Å². The second kappa shape index (κ2) is 2.69. The first-order valence-electron chi connectivity index (χ1n) is 3.32. The summed E-state index contributed by atoms with van der Waals surface area (Å²) in [6, 6.07) is 7.17. The Bertz CT molecular complexity index is 438. The molecule has 1 N–H and O–H groups in total. The van der Waals surface area contributed by atoms with Gasteiger partial charge in [-0.25, -0.2) is 13.2 Å². The highest BCUT2D eigenvalue weighted by Crippen LogP contribution is 2.11. The topological polar surface area (TPSA) is 55.1 Å². The van der Waals surface area contributed by atoms with E-state index in [1.54, 1.807) is 18.2 Å².